The van der Waals surface area contributed by atoms with E-state index in [1.807, 2.05) is 25.1 Å². The quantitative estimate of drug-likeness (QED) is 0.332. The number of halogens is 3. The Balaban J connectivity index is 1.51. The van der Waals surface area contributed by atoms with E-state index >= 15 is 0 Å². The predicted molar refractivity (Wildman–Crippen MR) is 121 cm³/mol. The average molecular weight is 447 g/mol. The van der Waals surface area contributed by atoms with Crippen LogP contribution in [0.2, 0.25) is 0 Å². The first-order chi connectivity index (χ1) is 15.9. The summed E-state index contributed by atoms with van der Waals surface area (Å²) < 4.78 is 46.4. The van der Waals surface area contributed by atoms with Gasteiger partial charge in [-0.2, -0.15) is 4.39 Å². The molecule has 166 valence electrons. The van der Waals surface area contributed by atoms with Crippen LogP contribution in [0.3, 0.4) is 0 Å². The highest BCUT2D eigenvalue weighted by atomic mass is 19.1. The molecule has 1 N–H and O–H groups in total. The molecule has 4 aromatic rings. The molecule has 2 heterocycles. The van der Waals surface area contributed by atoms with E-state index in [0.717, 1.165) is 17.2 Å². The lowest BCUT2D eigenvalue weighted by atomic mass is 10.0. The largest absolute Gasteiger partial charge is 0.457 e. The van der Waals surface area contributed by atoms with E-state index in [1.165, 1.54) is 24.4 Å². The van der Waals surface area contributed by atoms with Crippen molar-refractivity contribution in [2.75, 3.05) is 0 Å². The van der Waals surface area contributed by atoms with Crippen LogP contribution in [-0.2, 0) is 6.54 Å². The topological polar surface area (TPSA) is 47.0 Å². The summed E-state index contributed by atoms with van der Waals surface area (Å²) >= 11 is 0. The summed E-state index contributed by atoms with van der Waals surface area (Å²) in [6.45, 7) is 6.16. The molecule has 0 aliphatic rings. The van der Waals surface area contributed by atoms with Gasteiger partial charge in [0.15, 0.2) is 0 Å². The van der Waals surface area contributed by atoms with Crippen LogP contribution in [-0.4, -0.2) is 9.97 Å². The number of hydrogen-bond donors (Lipinski definition) is 1. The second-order valence-electron chi connectivity index (χ2n) is 7.38. The van der Waals surface area contributed by atoms with E-state index in [9.17, 15) is 13.2 Å². The van der Waals surface area contributed by atoms with E-state index in [2.05, 4.69) is 21.9 Å². The molecule has 2 aromatic heterocycles. The molecular weight excluding hydrogens is 427 g/mol. The van der Waals surface area contributed by atoms with E-state index in [-0.39, 0.29) is 6.54 Å². The lowest BCUT2D eigenvalue weighted by Crippen LogP contribution is -2.12. The fraction of sp³-hybridized carbons (Fsp3) is 0.0769. The zero-order valence-corrected chi connectivity index (χ0v) is 17.8. The molecule has 2 aromatic carbocycles. The van der Waals surface area contributed by atoms with Crippen LogP contribution in [0, 0.1) is 24.5 Å². The number of nitrogens with one attached hydrogen (secondary N) is 1. The molecule has 4 nitrogen and oxygen atoms in total. The molecule has 0 bridgehead atoms. The molecule has 0 radical (unpaired) electrons. The Kier molecular flexibility index (Phi) is 6.40. The van der Waals surface area contributed by atoms with Gasteiger partial charge >= 0.3 is 0 Å². The third kappa shape index (κ3) is 5.38. The fourth-order valence-electron chi connectivity index (χ4n) is 3.39. The molecule has 33 heavy (non-hydrogen) atoms. The molecule has 0 aliphatic carbocycles. The van der Waals surface area contributed by atoms with Crippen LogP contribution in [0.25, 0.3) is 17.0 Å². The second kappa shape index (κ2) is 9.56. The van der Waals surface area contributed by atoms with Crippen LogP contribution in [0.15, 0.2) is 79.6 Å². The summed E-state index contributed by atoms with van der Waals surface area (Å²) in [5.41, 5.74) is 3.82. The summed E-state index contributed by atoms with van der Waals surface area (Å²) in [6.07, 6.45) is 2.96. The maximum atomic E-state index is 13.5. The smallest absolute Gasteiger partial charge is 0.213 e. The van der Waals surface area contributed by atoms with Gasteiger partial charge < -0.3 is 10.1 Å². The van der Waals surface area contributed by atoms with Crippen LogP contribution in [0.1, 0.15) is 16.7 Å². The Hall–Kier alpha value is -4.13. The van der Waals surface area contributed by atoms with Crippen LogP contribution in [0.5, 0.6) is 11.5 Å². The minimum absolute atomic E-state index is 0.217. The Labute approximate surface area is 189 Å². The highest BCUT2D eigenvalue weighted by Gasteiger charge is 2.11. The van der Waals surface area contributed by atoms with E-state index in [1.54, 1.807) is 24.4 Å². The standard InChI is InChI=1S/C26H20F3N3O/c1-16-23(17(2)32-15-18-10-20(27)13-21(28)11-18)4-3-5-25(16)33-22-7-9-30-24(14-22)19-6-8-31-26(29)12-19/h3-14,32H,2,15H2,1H3. The predicted octanol–water partition coefficient (Wildman–Crippen LogP) is 6.42. The summed E-state index contributed by atoms with van der Waals surface area (Å²) in [4.78, 5) is 7.83. The Morgan fingerprint density at radius 1 is 0.939 bits per heavy atom. The highest BCUT2D eigenvalue weighted by Crippen LogP contribution is 2.31. The van der Waals surface area contributed by atoms with E-state index < -0.39 is 17.6 Å². The van der Waals surface area contributed by atoms with Crippen LogP contribution in [0.4, 0.5) is 13.2 Å². The number of benzene rings is 2. The first-order valence-corrected chi connectivity index (χ1v) is 10.1. The Morgan fingerprint density at radius 2 is 1.70 bits per heavy atom. The van der Waals surface area contributed by atoms with Gasteiger partial charge in [0.2, 0.25) is 5.95 Å². The summed E-state index contributed by atoms with van der Waals surface area (Å²) in [6, 6.07) is 15.3. The van der Waals surface area contributed by atoms with Gasteiger partial charge in [-0.25, -0.2) is 13.8 Å². The molecule has 0 atom stereocenters. The SMILES string of the molecule is C=C(NCc1cc(F)cc(F)c1)c1cccc(Oc2ccnc(-c3ccnc(F)c3)c2)c1C. The number of aromatic nitrogens is 2. The molecule has 0 spiro atoms. The minimum atomic E-state index is -0.629. The van der Waals surface area contributed by atoms with Gasteiger partial charge in [-0.05, 0) is 42.8 Å². The van der Waals surface area contributed by atoms with Crippen molar-refractivity contribution >= 4 is 5.70 Å². The number of nitrogens with zero attached hydrogens (tertiary/aromatic N) is 2. The van der Waals surface area contributed by atoms with Crippen LogP contribution < -0.4 is 10.1 Å². The first-order valence-electron chi connectivity index (χ1n) is 10.1. The van der Waals surface area contributed by atoms with Gasteiger partial charge in [0.1, 0.15) is 23.1 Å². The fourth-order valence-corrected chi connectivity index (χ4v) is 3.39. The summed E-state index contributed by atoms with van der Waals surface area (Å²) in [5, 5.41) is 3.10. The number of pyridine rings is 2. The van der Waals surface area contributed by atoms with Gasteiger partial charge in [-0.1, -0.05) is 18.7 Å². The molecular formula is C26H20F3N3O. The van der Waals surface area contributed by atoms with Gasteiger partial charge in [-0.15, -0.1) is 0 Å². The van der Waals surface area contributed by atoms with Gasteiger partial charge in [0.25, 0.3) is 0 Å². The van der Waals surface area contributed by atoms with Crippen molar-refractivity contribution in [2.24, 2.45) is 0 Å². The van der Waals surface area contributed by atoms with Crippen molar-refractivity contribution in [3.63, 3.8) is 0 Å². The Morgan fingerprint density at radius 3 is 2.45 bits per heavy atom. The van der Waals surface area contributed by atoms with Crippen molar-refractivity contribution in [3.8, 4) is 22.8 Å². The van der Waals surface area contributed by atoms with Crippen LogP contribution >= 0.6 is 0 Å². The summed E-state index contributed by atoms with van der Waals surface area (Å²) in [7, 11) is 0. The lowest BCUT2D eigenvalue weighted by molar-refractivity contribution is 0.478. The molecule has 7 heteroatoms. The molecule has 0 fully saturated rings. The Bertz CT molecular complexity index is 1300. The molecule has 0 saturated carbocycles. The third-order valence-corrected chi connectivity index (χ3v) is 5.02. The van der Waals surface area contributed by atoms with E-state index in [4.69, 9.17) is 4.74 Å². The maximum Gasteiger partial charge on any atom is 0.213 e. The van der Waals surface area contributed by atoms with Gasteiger partial charge in [-0.3, -0.25) is 4.98 Å². The molecule has 0 unspecified atom stereocenters. The normalized spacial score (nSPS) is 10.7. The van der Waals surface area contributed by atoms with Crippen molar-refractivity contribution in [1.82, 2.24) is 15.3 Å². The third-order valence-electron chi connectivity index (χ3n) is 5.02. The monoisotopic (exact) mass is 447 g/mol. The minimum Gasteiger partial charge on any atom is -0.457 e. The number of rotatable bonds is 7. The van der Waals surface area contributed by atoms with Crippen molar-refractivity contribution in [3.05, 3.63) is 114 Å². The molecule has 4 rings (SSSR count). The van der Waals surface area contributed by atoms with Gasteiger partial charge in [0.05, 0.1) is 5.69 Å². The van der Waals surface area contributed by atoms with Crippen molar-refractivity contribution in [2.45, 2.75) is 13.5 Å². The van der Waals surface area contributed by atoms with Crippen molar-refractivity contribution in [1.29, 1.82) is 0 Å². The maximum absolute atomic E-state index is 13.5. The number of ether oxygens (including phenoxy) is 1. The van der Waals surface area contributed by atoms with E-state index in [0.29, 0.717) is 34.0 Å². The van der Waals surface area contributed by atoms with Gasteiger partial charge in [0, 0.05) is 59.5 Å². The second-order valence-corrected chi connectivity index (χ2v) is 7.38. The van der Waals surface area contributed by atoms with Crippen molar-refractivity contribution < 1.29 is 17.9 Å². The molecule has 0 saturated heterocycles. The highest BCUT2D eigenvalue weighted by molar-refractivity contribution is 5.67. The zero-order chi connectivity index (χ0) is 23.4. The average Bonchev–Trinajstić information content (AvgIpc) is 2.78. The molecule has 0 amide bonds. The first kappa shape index (κ1) is 22.1. The number of hydrogen-bond acceptors (Lipinski definition) is 4. The molecule has 0 aliphatic heterocycles. The lowest BCUT2D eigenvalue weighted by Gasteiger charge is -2.16. The zero-order valence-electron chi connectivity index (χ0n) is 17.8. The summed E-state index contributed by atoms with van der Waals surface area (Å²) in [5.74, 6) is -0.710.